The van der Waals surface area contributed by atoms with Gasteiger partial charge in [0.05, 0.1) is 0 Å². The summed E-state index contributed by atoms with van der Waals surface area (Å²) in [5.74, 6) is 0. The minimum atomic E-state index is -0.410. The number of alkyl carbamates (subject to hydrolysis) is 1. The normalized spacial score (nSPS) is 18.3. The molecule has 0 radical (unpaired) electrons. The monoisotopic (exact) mass is 211 g/mol. The molecule has 0 bridgehead atoms. The van der Waals surface area contributed by atoms with Crippen molar-refractivity contribution in [3.8, 4) is 0 Å². The topological polar surface area (TPSA) is 38.3 Å². The Morgan fingerprint density at radius 2 is 1.80 bits per heavy atom. The van der Waals surface area contributed by atoms with Gasteiger partial charge in [-0.3, -0.25) is 0 Å². The van der Waals surface area contributed by atoms with E-state index in [4.69, 9.17) is 4.74 Å². The molecule has 0 aliphatic heterocycles. The Morgan fingerprint density at radius 3 is 2.27 bits per heavy atom. The van der Waals surface area contributed by atoms with Crippen LogP contribution in [0.25, 0.3) is 0 Å². The van der Waals surface area contributed by atoms with Gasteiger partial charge in [-0.2, -0.15) is 0 Å². The summed E-state index contributed by atoms with van der Waals surface area (Å²) in [5.41, 5.74) is -0.410. The molecular weight excluding hydrogens is 190 g/mol. The highest BCUT2D eigenvalue weighted by molar-refractivity contribution is 5.68. The van der Waals surface area contributed by atoms with Gasteiger partial charge in [-0.05, 0) is 46.5 Å². The predicted octanol–water partition coefficient (Wildman–Crippen LogP) is 3.01. The number of amides is 1. The Balaban J connectivity index is 2.31. The lowest BCUT2D eigenvalue weighted by molar-refractivity contribution is 0.0500. The van der Waals surface area contributed by atoms with Crippen molar-refractivity contribution in [2.75, 3.05) is 0 Å². The zero-order valence-electron chi connectivity index (χ0n) is 9.88. The molecule has 15 heavy (non-hydrogen) atoms. The molecule has 0 aromatic rings. The minimum Gasteiger partial charge on any atom is -0.444 e. The second-order valence-electron chi connectivity index (χ2n) is 4.97. The molecule has 0 fully saturated rings. The molecule has 3 nitrogen and oxygen atoms in total. The number of rotatable bonds is 1. The number of allylic oxidation sites excluding steroid dienone is 2. The van der Waals surface area contributed by atoms with Gasteiger partial charge in [0.1, 0.15) is 5.60 Å². The highest BCUT2D eigenvalue weighted by atomic mass is 16.6. The van der Waals surface area contributed by atoms with Crippen molar-refractivity contribution in [2.24, 2.45) is 0 Å². The van der Waals surface area contributed by atoms with Crippen molar-refractivity contribution in [1.82, 2.24) is 5.32 Å². The lowest BCUT2D eigenvalue weighted by Gasteiger charge is -2.22. The quantitative estimate of drug-likeness (QED) is 0.677. The molecule has 86 valence electrons. The number of nitrogens with one attached hydrogen (secondary N) is 1. The minimum absolute atomic E-state index is 0.259. The lowest BCUT2D eigenvalue weighted by atomic mass is 10.1. The summed E-state index contributed by atoms with van der Waals surface area (Å²) in [6, 6.07) is 0.259. The molecule has 1 rings (SSSR count). The molecule has 0 aromatic carbocycles. The molecule has 0 saturated carbocycles. The molecule has 0 saturated heterocycles. The van der Waals surface area contributed by atoms with Gasteiger partial charge in [-0.25, -0.2) is 4.79 Å². The third-order valence-electron chi connectivity index (χ3n) is 2.25. The van der Waals surface area contributed by atoms with Crippen LogP contribution in [0.15, 0.2) is 12.2 Å². The van der Waals surface area contributed by atoms with Gasteiger partial charge in [0.2, 0.25) is 0 Å². The van der Waals surface area contributed by atoms with E-state index in [-0.39, 0.29) is 12.1 Å². The number of carbonyl (C=O) groups is 1. The molecule has 1 amide bonds. The van der Waals surface area contributed by atoms with Crippen LogP contribution in [0.5, 0.6) is 0 Å². The fourth-order valence-corrected chi connectivity index (χ4v) is 1.59. The van der Waals surface area contributed by atoms with Crippen LogP contribution in [0.3, 0.4) is 0 Å². The Kier molecular flexibility index (Phi) is 4.18. The van der Waals surface area contributed by atoms with Crippen molar-refractivity contribution in [2.45, 2.75) is 58.1 Å². The van der Waals surface area contributed by atoms with E-state index < -0.39 is 5.60 Å². The van der Waals surface area contributed by atoms with E-state index in [2.05, 4.69) is 17.5 Å². The van der Waals surface area contributed by atoms with Crippen LogP contribution >= 0.6 is 0 Å². The Bertz CT molecular complexity index is 230. The van der Waals surface area contributed by atoms with Crippen molar-refractivity contribution in [1.29, 1.82) is 0 Å². The number of carbonyl (C=O) groups excluding carboxylic acids is 1. The highest BCUT2D eigenvalue weighted by Crippen LogP contribution is 2.13. The van der Waals surface area contributed by atoms with Crippen LogP contribution in [-0.4, -0.2) is 17.7 Å². The van der Waals surface area contributed by atoms with Crippen LogP contribution in [0, 0.1) is 0 Å². The van der Waals surface area contributed by atoms with E-state index in [1.807, 2.05) is 20.8 Å². The van der Waals surface area contributed by atoms with Crippen molar-refractivity contribution >= 4 is 6.09 Å². The zero-order valence-corrected chi connectivity index (χ0v) is 9.88. The van der Waals surface area contributed by atoms with Gasteiger partial charge in [0.25, 0.3) is 0 Å². The van der Waals surface area contributed by atoms with Gasteiger partial charge in [0.15, 0.2) is 0 Å². The molecular formula is C12H21NO2. The molecule has 3 heteroatoms. The first-order valence-electron chi connectivity index (χ1n) is 5.62. The number of hydrogen-bond acceptors (Lipinski definition) is 2. The van der Waals surface area contributed by atoms with Crippen LogP contribution in [0.1, 0.15) is 46.5 Å². The van der Waals surface area contributed by atoms with Gasteiger partial charge in [-0.15, -0.1) is 0 Å². The van der Waals surface area contributed by atoms with Crippen molar-refractivity contribution in [3.05, 3.63) is 12.2 Å². The highest BCUT2D eigenvalue weighted by Gasteiger charge is 2.19. The van der Waals surface area contributed by atoms with E-state index in [1.165, 1.54) is 0 Å². The van der Waals surface area contributed by atoms with Crippen molar-refractivity contribution in [3.63, 3.8) is 0 Å². The summed E-state index contributed by atoms with van der Waals surface area (Å²) in [6.45, 7) is 5.63. The summed E-state index contributed by atoms with van der Waals surface area (Å²) < 4.78 is 5.21. The van der Waals surface area contributed by atoms with E-state index in [0.29, 0.717) is 0 Å². The van der Waals surface area contributed by atoms with Crippen LogP contribution in [-0.2, 0) is 4.74 Å². The summed E-state index contributed by atoms with van der Waals surface area (Å²) in [5, 5.41) is 2.91. The second kappa shape index (κ2) is 5.19. The standard InChI is InChI=1S/C12H21NO2/c1-12(2,3)15-11(14)13-10-8-6-4-5-7-9-10/h4-5,10H,6-9H2,1-3H3,(H,13,14). The average molecular weight is 211 g/mol. The first-order valence-corrected chi connectivity index (χ1v) is 5.62. The molecule has 0 spiro atoms. The molecule has 0 heterocycles. The maximum absolute atomic E-state index is 11.5. The lowest BCUT2D eigenvalue weighted by Crippen LogP contribution is -2.38. The van der Waals surface area contributed by atoms with E-state index in [1.54, 1.807) is 0 Å². The van der Waals surface area contributed by atoms with Crippen LogP contribution in [0.2, 0.25) is 0 Å². The Labute approximate surface area is 91.9 Å². The predicted molar refractivity (Wildman–Crippen MR) is 60.8 cm³/mol. The van der Waals surface area contributed by atoms with E-state index >= 15 is 0 Å². The summed E-state index contributed by atoms with van der Waals surface area (Å²) in [7, 11) is 0. The maximum atomic E-state index is 11.5. The Morgan fingerprint density at radius 1 is 1.27 bits per heavy atom. The molecule has 0 atom stereocenters. The van der Waals surface area contributed by atoms with Crippen LogP contribution < -0.4 is 5.32 Å². The smallest absolute Gasteiger partial charge is 0.407 e. The molecule has 0 unspecified atom stereocenters. The fourth-order valence-electron chi connectivity index (χ4n) is 1.59. The van der Waals surface area contributed by atoms with Crippen molar-refractivity contribution < 1.29 is 9.53 Å². The Hall–Kier alpha value is -0.990. The maximum Gasteiger partial charge on any atom is 0.407 e. The van der Waals surface area contributed by atoms with Gasteiger partial charge >= 0.3 is 6.09 Å². The fraction of sp³-hybridized carbons (Fsp3) is 0.750. The first-order chi connectivity index (χ1) is 6.97. The van der Waals surface area contributed by atoms with Gasteiger partial charge in [0, 0.05) is 6.04 Å². The van der Waals surface area contributed by atoms with Gasteiger partial charge < -0.3 is 10.1 Å². The SMILES string of the molecule is CC(C)(C)OC(=O)NC1CCC=CCC1. The van der Waals surface area contributed by atoms with E-state index in [0.717, 1.165) is 25.7 Å². The van der Waals surface area contributed by atoms with Crippen LogP contribution in [0.4, 0.5) is 4.79 Å². The zero-order chi connectivity index (χ0) is 11.3. The summed E-state index contributed by atoms with van der Waals surface area (Å²) in [4.78, 5) is 11.5. The summed E-state index contributed by atoms with van der Waals surface area (Å²) >= 11 is 0. The third-order valence-corrected chi connectivity index (χ3v) is 2.25. The molecule has 1 N–H and O–H groups in total. The first kappa shape index (κ1) is 12.1. The van der Waals surface area contributed by atoms with E-state index in [9.17, 15) is 4.79 Å². The number of ether oxygens (including phenoxy) is 1. The molecule has 1 aliphatic rings. The van der Waals surface area contributed by atoms with Gasteiger partial charge in [-0.1, -0.05) is 12.2 Å². The number of hydrogen-bond donors (Lipinski definition) is 1. The summed E-state index contributed by atoms with van der Waals surface area (Å²) in [6.07, 6.45) is 8.16. The molecule has 1 aliphatic carbocycles. The third kappa shape index (κ3) is 5.45. The molecule has 0 aromatic heterocycles. The average Bonchev–Trinajstić information content (AvgIpc) is 2.28. The largest absolute Gasteiger partial charge is 0.444 e. The second-order valence-corrected chi connectivity index (χ2v) is 4.97.